The minimum atomic E-state index is -0.897. The Labute approximate surface area is 177 Å². The van der Waals surface area contributed by atoms with Crippen molar-refractivity contribution in [1.29, 1.82) is 0 Å². The molecule has 1 N–H and O–H groups in total. The topological polar surface area (TPSA) is 37.3 Å². The molecule has 0 amide bonds. The van der Waals surface area contributed by atoms with Gasteiger partial charge >= 0.3 is 0 Å². The van der Waals surface area contributed by atoms with Gasteiger partial charge in [0.25, 0.3) is 0 Å². The molecule has 2 nitrogen and oxygen atoms in total. The largest absolute Gasteiger partial charge is 0.384 e. The molecule has 0 saturated heterocycles. The molecule has 0 bridgehead atoms. The van der Waals surface area contributed by atoms with Crippen LogP contribution in [0.25, 0.3) is 5.57 Å². The third-order valence-corrected chi connectivity index (χ3v) is 5.34. The number of hydrogen-bond donors (Lipinski definition) is 1. The fourth-order valence-electron chi connectivity index (χ4n) is 3.87. The Balaban J connectivity index is 1.97. The standard InChI is InChI=1S/C28H24O2/c29-27(23-17-9-3-10-18-23)25(21-13-5-1-6-14-21)26(22-15-7-2-8-16-22)28(30)24-19-11-4-12-20-24/h1,3-20,22,28,30H,2H2/b26-25+. The zero-order valence-corrected chi connectivity index (χ0v) is 16.7. The average Bonchev–Trinajstić information content (AvgIpc) is 2.84. The molecule has 0 radical (unpaired) electrons. The third-order valence-electron chi connectivity index (χ3n) is 5.34. The first-order valence-electron chi connectivity index (χ1n) is 10.2. The Hall–Kier alpha value is -3.49. The molecular weight excluding hydrogens is 368 g/mol. The van der Waals surface area contributed by atoms with Crippen LogP contribution in [0.4, 0.5) is 0 Å². The van der Waals surface area contributed by atoms with Crippen LogP contribution >= 0.6 is 0 Å². The number of benzene rings is 3. The van der Waals surface area contributed by atoms with Crippen LogP contribution in [0.15, 0.2) is 121 Å². The number of carbonyl (C=O) groups is 1. The van der Waals surface area contributed by atoms with Gasteiger partial charge in [-0.25, -0.2) is 0 Å². The highest BCUT2D eigenvalue weighted by molar-refractivity contribution is 6.29. The smallest absolute Gasteiger partial charge is 0.193 e. The van der Waals surface area contributed by atoms with Gasteiger partial charge in [0.05, 0.1) is 0 Å². The van der Waals surface area contributed by atoms with Crippen LogP contribution in [0.1, 0.15) is 34.0 Å². The van der Waals surface area contributed by atoms with Crippen molar-refractivity contribution in [1.82, 2.24) is 0 Å². The number of rotatable bonds is 6. The van der Waals surface area contributed by atoms with Crippen LogP contribution < -0.4 is 0 Å². The Kier molecular flexibility index (Phi) is 6.17. The van der Waals surface area contributed by atoms with E-state index in [9.17, 15) is 9.90 Å². The van der Waals surface area contributed by atoms with E-state index in [0.717, 1.165) is 17.5 Å². The van der Waals surface area contributed by atoms with Crippen molar-refractivity contribution in [3.05, 3.63) is 138 Å². The summed E-state index contributed by atoms with van der Waals surface area (Å²) in [6, 6.07) is 28.5. The molecule has 30 heavy (non-hydrogen) atoms. The number of hydrogen-bond acceptors (Lipinski definition) is 2. The first kappa shape index (κ1) is 19.8. The van der Waals surface area contributed by atoms with E-state index in [1.165, 1.54) is 0 Å². The summed E-state index contributed by atoms with van der Waals surface area (Å²) in [6.07, 6.45) is 8.27. The quantitative estimate of drug-likeness (QED) is 0.309. The highest BCUT2D eigenvalue weighted by atomic mass is 16.3. The second-order valence-corrected chi connectivity index (χ2v) is 7.32. The lowest BCUT2D eigenvalue weighted by molar-refractivity contribution is 0.105. The van der Waals surface area contributed by atoms with Crippen molar-refractivity contribution in [3.8, 4) is 0 Å². The van der Waals surface area contributed by atoms with Gasteiger partial charge in [0.1, 0.15) is 6.10 Å². The Morgan fingerprint density at radius 2 is 1.23 bits per heavy atom. The van der Waals surface area contributed by atoms with Crippen molar-refractivity contribution in [2.45, 2.75) is 12.5 Å². The van der Waals surface area contributed by atoms with E-state index < -0.39 is 6.10 Å². The Morgan fingerprint density at radius 3 is 1.80 bits per heavy atom. The average molecular weight is 392 g/mol. The summed E-state index contributed by atoms with van der Waals surface area (Å²) < 4.78 is 0. The van der Waals surface area contributed by atoms with Crippen LogP contribution in [0.5, 0.6) is 0 Å². The number of allylic oxidation sites excluding steroid dienone is 5. The predicted molar refractivity (Wildman–Crippen MR) is 122 cm³/mol. The fourth-order valence-corrected chi connectivity index (χ4v) is 3.87. The monoisotopic (exact) mass is 392 g/mol. The minimum Gasteiger partial charge on any atom is -0.384 e. The summed E-state index contributed by atoms with van der Waals surface area (Å²) >= 11 is 0. The number of ketones is 1. The second-order valence-electron chi connectivity index (χ2n) is 7.32. The van der Waals surface area contributed by atoms with Gasteiger partial charge in [-0.3, -0.25) is 4.79 Å². The maximum atomic E-state index is 13.7. The highest BCUT2D eigenvalue weighted by Crippen LogP contribution is 2.38. The first-order chi connectivity index (χ1) is 14.8. The molecule has 3 aromatic rings. The number of Topliss-reactive ketones (excluding diaryl/α,β-unsaturated/α-hetero) is 1. The molecule has 1 atom stereocenters. The first-order valence-corrected chi connectivity index (χ1v) is 10.2. The maximum absolute atomic E-state index is 13.7. The van der Waals surface area contributed by atoms with Gasteiger partial charge in [-0.15, -0.1) is 0 Å². The van der Waals surface area contributed by atoms with Gasteiger partial charge in [0.2, 0.25) is 0 Å². The van der Waals surface area contributed by atoms with Gasteiger partial charge in [0.15, 0.2) is 5.78 Å². The zero-order valence-electron chi connectivity index (χ0n) is 16.7. The lowest BCUT2D eigenvalue weighted by Gasteiger charge is -2.26. The summed E-state index contributed by atoms with van der Waals surface area (Å²) in [6.45, 7) is 0. The SMILES string of the molecule is O=C(/C(=C(\C1C=CCC=C1)C(O)c1ccccc1)c1ccccc1)c1ccccc1. The van der Waals surface area contributed by atoms with Crippen molar-refractivity contribution in [2.24, 2.45) is 5.92 Å². The molecule has 4 rings (SSSR count). The van der Waals surface area contributed by atoms with Crippen molar-refractivity contribution in [2.75, 3.05) is 0 Å². The summed E-state index contributed by atoms with van der Waals surface area (Å²) in [5, 5.41) is 11.5. The molecule has 1 aliphatic carbocycles. The van der Waals surface area contributed by atoms with E-state index in [4.69, 9.17) is 0 Å². The van der Waals surface area contributed by atoms with Crippen LogP contribution in [-0.4, -0.2) is 10.9 Å². The molecule has 0 spiro atoms. The van der Waals surface area contributed by atoms with E-state index in [1.54, 1.807) is 0 Å². The number of aliphatic hydroxyl groups is 1. The van der Waals surface area contributed by atoms with E-state index in [0.29, 0.717) is 16.7 Å². The lowest BCUT2D eigenvalue weighted by atomic mass is 9.80. The summed E-state index contributed by atoms with van der Waals surface area (Å²) in [4.78, 5) is 13.7. The van der Waals surface area contributed by atoms with E-state index >= 15 is 0 Å². The molecule has 1 unspecified atom stereocenters. The molecule has 3 aromatic carbocycles. The molecule has 0 saturated carbocycles. The van der Waals surface area contributed by atoms with Crippen molar-refractivity contribution >= 4 is 11.4 Å². The van der Waals surface area contributed by atoms with Crippen LogP contribution in [0.3, 0.4) is 0 Å². The van der Waals surface area contributed by atoms with Gasteiger partial charge in [-0.05, 0) is 23.1 Å². The van der Waals surface area contributed by atoms with Gasteiger partial charge in [0, 0.05) is 17.1 Å². The number of carbonyl (C=O) groups excluding carboxylic acids is 1. The van der Waals surface area contributed by atoms with Gasteiger partial charge < -0.3 is 5.11 Å². The number of aliphatic hydroxyl groups excluding tert-OH is 1. The van der Waals surface area contributed by atoms with Crippen LogP contribution in [-0.2, 0) is 0 Å². The molecule has 0 aliphatic heterocycles. The molecule has 0 aromatic heterocycles. The minimum absolute atomic E-state index is 0.0841. The zero-order chi connectivity index (χ0) is 20.8. The molecule has 2 heteroatoms. The van der Waals surface area contributed by atoms with Gasteiger partial charge in [-0.1, -0.05) is 115 Å². The summed E-state index contributed by atoms with van der Waals surface area (Å²) in [5.74, 6) is -0.240. The molecule has 1 aliphatic rings. The third kappa shape index (κ3) is 4.24. The molecule has 148 valence electrons. The van der Waals surface area contributed by atoms with Crippen LogP contribution in [0.2, 0.25) is 0 Å². The molecular formula is C28H24O2. The van der Waals surface area contributed by atoms with Crippen molar-refractivity contribution < 1.29 is 9.90 Å². The predicted octanol–water partition coefficient (Wildman–Crippen LogP) is 6.19. The molecule has 0 heterocycles. The lowest BCUT2D eigenvalue weighted by Crippen LogP contribution is -2.17. The van der Waals surface area contributed by atoms with E-state index in [2.05, 4.69) is 24.3 Å². The Bertz CT molecular complexity index is 1070. The van der Waals surface area contributed by atoms with Crippen molar-refractivity contribution in [3.63, 3.8) is 0 Å². The highest BCUT2D eigenvalue weighted by Gasteiger charge is 2.28. The fraction of sp³-hybridized carbons (Fsp3) is 0.107. The van der Waals surface area contributed by atoms with E-state index in [1.807, 2.05) is 91.0 Å². The van der Waals surface area contributed by atoms with E-state index in [-0.39, 0.29) is 11.7 Å². The second kappa shape index (κ2) is 9.34. The molecule has 0 fully saturated rings. The summed E-state index contributed by atoms with van der Waals surface area (Å²) in [5.41, 5.74) is 3.45. The maximum Gasteiger partial charge on any atom is 0.193 e. The van der Waals surface area contributed by atoms with Crippen LogP contribution in [0, 0.1) is 5.92 Å². The summed E-state index contributed by atoms with van der Waals surface area (Å²) in [7, 11) is 0. The normalized spacial score (nSPS) is 15.5. The Morgan fingerprint density at radius 1 is 0.733 bits per heavy atom. The van der Waals surface area contributed by atoms with Gasteiger partial charge in [-0.2, -0.15) is 0 Å².